The number of benzene rings is 2. The van der Waals surface area contributed by atoms with Gasteiger partial charge in [0.2, 0.25) is 11.8 Å². The van der Waals surface area contributed by atoms with Crippen LogP contribution in [0, 0.1) is 0 Å². The van der Waals surface area contributed by atoms with Crippen LogP contribution < -0.4 is 25.4 Å². The molecule has 0 aliphatic carbocycles. The smallest absolute Gasteiger partial charge is 0.254 e. The largest absolute Gasteiger partial charge is 0.490 e. The number of rotatable bonds is 4. The van der Waals surface area contributed by atoms with E-state index in [0.717, 1.165) is 6.42 Å². The summed E-state index contributed by atoms with van der Waals surface area (Å²) in [5.41, 5.74) is 1.45. The van der Waals surface area contributed by atoms with E-state index in [9.17, 15) is 14.4 Å². The number of amides is 3. The Bertz CT molecular complexity index is 959. The lowest BCUT2D eigenvalue weighted by Crippen LogP contribution is -2.41. The summed E-state index contributed by atoms with van der Waals surface area (Å²) in [4.78, 5) is 37.1. The molecule has 0 bridgehead atoms. The number of para-hydroxylation sites is 1. The zero-order valence-electron chi connectivity index (χ0n) is 15.7. The highest BCUT2D eigenvalue weighted by atomic mass is 16.5. The van der Waals surface area contributed by atoms with Gasteiger partial charge in [-0.25, -0.2) is 0 Å². The second-order valence-electron chi connectivity index (χ2n) is 6.86. The van der Waals surface area contributed by atoms with E-state index >= 15 is 0 Å². The van der Waals surface area contributed by atoms with Gasteiger partial charge in [-0.2, -0.15) is 0 Å². The van der Waals surface area contributed by atoms with E-state index < -0.39 is 6.04 Å². The van der Waals surface area contributed by atoms with E-state index in [1.807, 2.05) is 0 Å². The Balaban J connectivity index is 1.36. The fourth-order valence-corrected chi connectivity index (χ4v) is 3.25. The number of anilines is 2. The van der Waals surface area contributed by atoms with E-state index in [-0.39, 0.29) is 30.6 Å². The summed E-state index contributed by atoms with van der Waals surface area (Å²) in [5, 5.41) is 8.21. The molecular formula is C21H21N3O5. The van der Waals surface area contributed by atoms with Crippen LogP contribution in [0.4, 0.5) is 11.4 Å². The summed E-state index contributed by atoms with van der Waals surface area (Å²) < 4.78 is 11.2. The summed E-state index contributed by atoms with van der Waals surface area (Å²) in [5.74, 6) is 0.300. The van der Waals surface area contributed by atoms with Gasteiger partial charge in [0.05, 0.1) is 24.5 Å². The van der Waals surface area contributed by atoms with Crippen molar-refractivity contribution < 1.29 is 23.9 Å². The second kappa shape index (κ2) is 8.22. The van der Waals surface area contributed by atoms with Gasteiger partial charge in [0.1, 0.15) is 6.04 Å². The fraction of sp³-hybridized carbons (Fsp3) is 0.286. The molecule has 2 heterocycles. The van der Waals surface area contributed by atoms with Crippen LogP contribution in [0.15, 0.2) is 42.5 Å². The molecule has 0 saturated heterocycles. The quantitative estimate of drug-likeness (QED) is 0.737. The average molecular weight is 395 g/mol. The standard InChI is InChI=1S/C21H21N3O5/c25-19(22-13-6-8-17-18(12-13)29-11-3-10-28-17)9-7-16-21(27)23-15-5-2-1-4-14(15)20(26)24-16/h1-2,4-6,8,12,16H,3,7,9-11H2,(H,22,25)(H,23,27)(H,24,26). The molecule has 29 heavy (non-hydrogen) atoms. The minimum Gasteiger partial charge on any atom is -0.490 e. The van der Waals surface area contributed by atoms with E-state index in [1.54, 1.807) is 42.5 Å². The third-order valence-corrected chi connectivity index (χ3v) is 4.74. The van der Waals surface area contributed by atoms with Crippen molar-refractivity contribution in [3.63, 3.8) is 0 Å². The van der Waals surface area contributed by atoms with Crippen molar-refractivity contribution in [1.29, 1.82) is 0 Å². The Kier molecular flexibility index (Phi) is 5.33. The first kappa shape index (κ1) is 18.8. The van der Waals surface area contributed by atoms with Gasteiger partial charge in [-0.1, -0.05) is 12.1 Å². The van der Waals surface area contributed by atoms with Crippen LogP contribution >= 0.6 is 0 Å². The van der Waals surface area contributed by atoms with Crippen molar-refractivity contribution >= 4 is 29.1 Å². The van der Waals surface area contributed by atoms with Gasteiger partial charge in [0, 0.05) is 24.6 Å². The van der Waals surface area contributed by atoms with Crippen molar-refractivity contribution in [3.8, 4) is 11.5 Å². The molecule has 8 heteroatoms. The topological polar surface area (TPSA) is 106 Å². The molecule has 0 fully saturated rings. The Morgan fingerprint density at radius 3 is 2.72 bits per heavy atom. The van der Waals surface area contributed by atoms with Crippen LogP contribution in [0.3, 0.4) is 0 Å². The molecule has 0 radical (unpaired) electrons. The number of carbonyl (C=O) groups excluding carboxylic acids is 3. The van der Waals surface area contributed by atoms with Gasteiger partial charge in [-0.15, -0.1) is 0 Å². The second-order valence-corrected chi connectivity index (χ2v) is 6.86. The third kappa shape index (κ3) is 4.31. The lowest BCUT2D eigenvalue weighted by molar-refractivity contribution is -0.118. The molecule has 8 nitrogen and oxygen atoms in total. The molecule has 2 aromatic carbocycles. The number of hydrogen-bond donors (Lipinski definition) is 3. The summed E-state index contributed by atoms with van der Waals surface area (Å²) in [6.45, 7) is 1.15. The van der Waals surface area contributed by atoms with Gasteiger partial charge in [0.15, 0.2) is 11.5 Å². The van der Waals surface area contributed by atoms with Gasteiger partial charge in [-0.05, 0) is 30.7 Å². The molecule has 2 aromatic rings. The summed E-state index contributed by atoms with van der Waals surface area (Å²) in [6, 6.07) is 11.2. The number of fused-ring (bicyclic) bond motifs is 2. The number of ether oxygens (including phenoxy) is 2. The maximum Gasteiger partial charge on any atom is 0.254 e. The minimum absolute atomic E-state index is 0.0726. The lowest BCUT2D eigenvalue weighted by Gasteiger charge is -2.15. The summed E-state index contributed by atoms with van der Waals surface area (Å²) in [6.07, 6.45) is 1.06. The van der Waals surface area contributed by atoms with Crippen LogP contribution in [-0.4, -0.2) is 37.0 Å². The third-order valence-electron chi connectivity index (χ3n) is 4.74. The van der Waals surface area contributed by atoms with Crippen LogP contribution in [0.25, 0.3) is 0 Å². The first-order valence-electron chi connectivity index (χ1n) is 9.50. The fourth-order valence-electron chi connectivity index (χ4n) is 3.25. The highest BCUT2D eigenvalue weighted by molar-refractivity contribution is 6.10. The van der Waals surface area contributed by atoms with Crippen molar-refractivity contribution in [3.05, 3.63) is 48.0 Å². The van der Waals surface area contributed by atoms with Crippen LogP contribution in [-0.2, 0) is 9.59 Å². The SMILES string of the molecule is O=C(CCC1NC(=O)c2ccccc2NC1=O)Nc1ccc2c(c1)OCCCO2. The molecule has 0 aromatic heterocycles. The number of carbonyl (C=O) groups is 3. The van der Waals surface area contributed by atoms with Crippen molar-refractivity contribution in [2.24, 2.45) is 0 Å². The first-order chi connectivity index (χ1) is 14.1. The van der Waals surface area contributed by atoms with E-state index in [0.29, 0.717) is 41.7 Å². The lowest BCUT2D eigenvalue weighted by atomic mass is 10.1. The number of nitrogens with one attached hydrogen (secondary N) is 3. The monoisotopic (exact) mass is 395 g/mol. The molecule has 0 spiro atoms. The maximum atomic E-state index is 12.4. The van der Waals surface area contributed by atoms with Gasteiger partial charge in [-0.3, -0.25) is 14.4 Å². The Hall–Kier alpha value is -3.55. The van der Waals surface area contributed by atoms with Crippen molar-refractivity contribution in [2.45, 2.75) is 25.3 Å². The molecule has 3 amide bonds. The molecule has 1 atom stereocenters. The molecule has 2 aliphatic rings. The zero-order valence-corrected chi connectivity index (χ0v) is 15.7. The molecular weight excluding hydrogens is 374 g/mol. The van der Waals surface area contributed by atoms with Crippen LogP contribution in [0.5, 0.6) is 11.5 Å². The van der Waals surface area contributed by atoms with Gasteiger partial charge >= 0.3 is 0 Å². The van der Waals surface area contributed by atoms with Crippen LogP contribution in [0.2, 0.25) is 0 Å². The summed E-state index contributed by atoms with van der Waals surface area (Å²) in [7, 11) is 0. The average Bonchev–Trinajstić information content (AvgIpc) is 3.02. The predicted molar refractivity (Wildman–Crippen MR) is 106 cm³/mol. The van der Waals surface area contributed by atoms with E-state index in [1.165, 1.54) is 0 Å². The molecule has 3 N–H and O–H groups in total. The van der Waals surface area contributed by atoms with E-state index in [2.05, 4.69) is 16.0 Å². The van der Waals surface area contributed by atoms with Crippen LogP contribution in [0.1, 0.15) is 29.6 Å². The van der Waals surface area contributed by atoms with E-state index in [4.69, 9.17) is 9.47 Å². The minimum atomic E-state index is -0.788. The summed E-state index contributed by atoms with van der Waals surface area (Å²) >= 11 is 0. The highest BCUT2D eigenvalue weighted by Gasteiger charge is 2.27. The van der Waals surface area contributed by atoms with Gasteiger partial charge in [0.25, 0.3) is 5.91 Å². The highest BCUT2D eigenvalue weighted by Crippen LogP contribution is 2.32. The maximum absolute atomic E-state index is 12.4. The molecule has 2 aliphatic heterocycles. The number of hydrogen-bond acceptors (Lipinski definition) is 5. The zero-order chi connectivity index (χ0) is 20.2. The van der Waals surface area contributed by atoms with Crippen molar-refractivity contribution in [1.82, 2.24) is 5.32 Å². The Morgan fingerprint density at radius 1 is 1.07 bits per heavy atom. The Morgan fingerprint density at radius 2 is 1.86 bits per heavy atom. The predicted octanol–water partition coefficient (Wildman–Crippen LogP) is 2.32. The van der Waals surface area contributed by atoms with Crippen molar-refractivity contribution in [2.75, 3.05) is 23.8 Å². The molecule has 4 rings (SSSR count). The molecule has 0 saturated carbocycles. The molecule has 150 valence electrons. The molecule has 1 unspecified atom stereocenters. The van der Waals surface area contributed by atoms with Gasteiger partial charge < -0.3 is 25.4 Å². The first-order valence-corrected chi connectivity index (χ1v) is 9.50. The Labute approximate surface area is 167 Å². The normalized spacial score (nSPS) is 17.9.